The zero-order chi connectivity index (χ0) is 15.6. The highest BCUT2D eigenvalue weighted by Gasteiger charge is 2.36. The average molecular weight is 414 g/mol. The van der Waals surface area contributed by atoms with E-state index in [4.69, 9.17) is 17.3 Å². The number of hydrogen-bond donors (Lipinski definition) is 1. The molecule has 0 saturated carbocycles. The Kier molecular flexibility index (Phi) is 6.01. The van der Waals surface area contributed by atoms with Crippen LogP contribution in [0, 0.1) is 0 Å². The van der Waals surface area contributed by atoms with Crippen LogP contribution in [0.25, 0.3) is 0 Å². The van der Waals surface area contributed by atoms with Crippen molar-refractivity contribution in [2.75, 3.05) is 30.9 Å². The predicted molar refractivity (Wildman–Crippen MR) is 93.6 cm³/mol. The van der Waals surface area contributed by atoms with Gasteiger partial charge in [0.05, 0.1) is 0 Å². The van der Waals surface area contributed by atoms with Gasteiger partial charge < -0.3 is 5.73 Å². The highest BCUT2D eigenvalue weighted by Crippen LogP contribution is 2.34. The van der Waals surface area contributed by atoms with Crippen LogP contribution in [0.3, 0.4) is 0 Å². The molecule has 8 heteroatoms. The second-order valence-electron chi connectivity index (χ2n) is 5.01. The fourth-order valence-corrected chi connectivity index (χ4v) is 6.14. The lowest BCUT2D eigenvalue weighted by Gasteiger charge is -2.40. The molecule has 1 aromatic rings. The molecule has 0 radical (unpaired) electrons. The van der Waals surface area contributed by atoms with Crippen LogP contribution in [-0.2, 0) is 9.84 Å². The van der Waals surface area contributed by atoms with Gasteiger partial charge in [0, 0.05) is 46.4 Å². The zero-order valence-electron chi connectivity index (χ0n) is 11.6. The summed E-state index contributed by atoms with van der Waals surface area (Å²) in [7, 11) is -3.16. The summed E-state index contributed by atoms with van der Waals surface area (Å²) in [5.74, 6) is 1.48. The predicted octanol–water partition coefficient (Wildman–Crippen LogP) is 2.52. The van der Waals surface area contributed by atoms with Gasteiger partial charge in [0.25, 0.3) is 0 Å². The Labute approximate surface area is 143 Å². The summed E-state index contributed by atoms with van der Waals surface area (Å²) < 4.78 is 25.0. The summed E-state index contributed by atoms with van der Waals surface area (Å²) in [6.45, 7) is 1.04. The van der Waals surface area contributed by atoms with E-state index in [0.29, 0.717) is 23.9 Å². The van der Waals surface area contributed by atoms with Gasteiger partial charge in [-0.05, 0) is 23.8 Å². The molecule has 2 rings (SSSR count). The molecular formula is C13H18BrClN2O2S2. The molecule has 0 spiro atoms. The van der Waals surface area contributed by atoms with E-state index in [2.05, 4.69) is 15.9 Å². The summed E-state index contributed by atoms with van der Waals surface area (Å²) in [4.78, 5) is 1.99. The third kappa shape index (κ3) is 4.14. The van der Waals surface area contributed by atoms with Gasteiger partial charge in [-0.2, -0.15) is 11.8 Å². The normalized spacial score (nSPS) is 22.2. The van der Waals surface area contributed by atoms with Gasteiger partial charge in [0.2, 0.25) is 0 Å². The molecular weight excluding hydrogens is 396 g/mol. The monoisotopic (exact) mass is 412 g/mol. The molecule has 1 aliphatic rings. The van der Waals surface area contributed by atoms with Crippen LogP contribution in [0.5, 0.6) is 0 Å². The molecule has 0 aromatic heterocycles. The largest absolute Gasteiger partial charge is 0.329 e. The molecule has 0 bridgehead atoms. The molecule has 2 atom stereocenters. The third-order valence-electron chi connectivity index (χ3n) is 3.56. The summed E-state index contributed by atoms with van der Waals surface area (Å²) in [6, 6.07) is 5.35. The molecule has 1 heterocycles. The Morgan fingerprint density at radius 1 is 1.57 bits per heavy atom. The van der Waals surface area contributed by atoms with Crippen molar-refractivity contribution < 1.29 is 8.42 Å². The van der Waals surface area contributed by atoms with Gasteiger partial charge in [-0.1, -0.05) is 27.5 Å². The smallest absolute Gasteiger partial charge is 0.164 e. The van der Waals surface area contributed by atoms with Crippen molar-refractivity contribution in [3.05, 3.63) is 33.3 Å². The number of halogens is 2. The second-order valence-corrected chi connectivity index (χ2v) is 9.66. The number of nitrogens with two attached hydrogens (primary N) is 1. The molecule has 1 saturated heterocycles. The lowest BCUT2D eigenvalue weighted by Crippen LogP contribution is -2.50. The van der Waals surface area contributed by atoms with E-state index in [9.17, 15) is 8.42 Å². The van der Waals surface area contributed by atoms with Gasteiger partial charge in [-0.3, -0.25) is 4.90 Å². The highest BCUT2D eigenvalue weighted by molar-refractivity contribution is 9.10. The van der Waals surface area contributed by atoms with Crippen LogP contribution in [-0.4, -0.2) is 49.5 Å². The molecule has 118 valence electrons. The van der Waals surface area contributed by atoms with E-state index in [1.165, 1.54) is 6.26 Å². The summed E-state index contributed by atoms with van der Waals surface area (Å²) in [5, 5.41) is 0.115. The van der Waals surface area contributed by atoms with Crippen molar-refractivity contribution in [2.45, 2.75) is 11.4 Å². The Morgan fingerprint density at radius 3 is 2.90 bits per heavy atom. The maximum atomic E-state index is 12.1. The van der Waals surface area contributed by atoms with Crippen LogP contribution in [0.4, 0.5) is 0 Å². The molecule has 1 aromatic carbocycles. The minimum absolute atomic E-state index is 0.168. The van der Waals surface area contributed by atoms with E-state index >= 15 is 0 Å². The van der Waals surface area contributed by atoms with Crippen molar-refractivity contribution in [1.82, 2.24) is 4.90 Å². The first-order chi connectivity index (χ1) is 9.84. The Balaban J connectivity index is 2.41. The number of thioether (sulfide) groups is 1. The molecule has 0 aliphatic carbocycles. The number of sulfone groups is 1. The lowest BCUT2D eigenvalue weighted by molar-refractivity contribution is 0.197. The highest BCUT2D eigenvalue weighted by atomic mass is 79.9. The Bertz CT molecular complexity index is 612. The van der Waals surface area contributed by atoms with Gasteiger partial charge >= 0.3 is 0 Å². The fraction of sp³-hybridized carbons (Fsp3) is 0.538. The molecule has 1 aliphatic heterocycles. The Hall–Kier alpha value is 0.210. The topological polar surface area (TPSA) is 63.4 Å². The second kappa shape index (κ2) is 7.19. The van der Waals surface area contributed by atoms with Crippen molar-refractivity contribution in [1.29, 1.82) is 0 Å². The van der Waals surface area contributed by atoms with Gasteiger partial charge in [-0.15, -0.1) is 0 Å². The number of hydrogen-bond acceptors (Lipinski definition) is 5. The standard InChI is InChI=1S/C13H18BrClN2O2S2/c1-21(18,19)13-8-20-5-4-17(13)12(7-16)10-6-9(15)2-3-11(10)14/h2-3,6,12-13H,4-5,7-8,16H2,1H3. The summed E-state index contributed by atoms with van der Waals surface area (Å²) >= 11 is 11.3. The van der Waals surface area contributed by atoms with E-state index in [1.54, 1.807) is 17.8 Å². The van der Waals surface area contributed by atoms with Crippen molar-refractivity contribution in [3.63, 3.8) is 0 Å². The molecule has 2 N–H and O–H groups in total. The molecule has 1 fully saturated rings. The van der Waals surface area contributed by atoms with Crippen molar-refractivity contribution >= 4 is 49.1 Å². The van der Waals surface area contributed by atoms with Crippen LogP contribution < -0.4 is 5.73 Å². The van der Waals surface area contributed by atoms with E-state index < -0.39 is 15.2 Å². The Morgan fingerprint density at radius 2 is 2.29 bits per heavy atom. The maximum absolute atomic E-state index is 12.1. The van der Waals surface area contributed by atoms with Crippen molar-refractivity contribution in [3.8, 4) is 0 Å². The van der Waals surface area contributed by atoms with E-state index in [1.807, 2.05) is 17.0 Å². The number of rotatable bonds is 4. The lowest BCUT2D eigenvalue weighted by atomic mass is 10.1. The molecule has 2 unspecified atom stereocenters. The van der Waals surface area contributed by atoms with Crippen LogP contribution >= 0.6 is 39.3 Å². The zero-order valence-corrected chi connectivity index (χ0v) is 15.6. The first-order valence-corrected chi connectivity index (χ1v) is 10.8. The quantitative estimate of drug-likeness (QED) is 0.822. The van der Waals surface area contributed by atoms with Gasteiger partial charge in [-0.25, -0.2) is 8.42 Å². The van der Waals surface area contributed by atoms with Crippen LogP contribution in [0.15, 0.2) is 22.7 Å². The molecule has 21 heavy (non-hydrogen) atoms. The van der Waals surface area contributed by atoms with Gasteiger partial charge in [0.15, 0.2) is 9.84 Å². The summed E-state index contributed by atoms with van der Waals surface area (Å²) in [6.07, 6.45) is 1.29. The minimum Gasteiger partial charge on any atom is -0.329 e. The van der Waals surface area contributed by atoms with Crippen LogP contribution in [0.2, 0.25) is 5.02 Å². The third-order valence-corrected chi connectivity index (χ3v) is 7.18. The first-order valence-electron chi connectivity index (χ1n) is 6.52. The molecule has 0 amide bonds. The summed E-state index contributed by atoms with van der Waals surface area (Å²) in [5.41, 5.74) is 6.89. The maximum Gasteiger partial charge on any atom is 0.164 e. The number of nitrogens with zero attached hydrogens (tertiary/aromatic N) is 1. The number of benzene rings is 1. The SMILES string of the molecule is CS(=O)(=O)C1CSCCN1C(CN)c1cc(Cl)ccc1Br. The van der Waals surface area contributed by atoms with E-state index in [-0.39, 0.29) is 6.04 Å². The first kappa shape index (κ1) is 17.6. The fourth-order valence-electron chi connectivity index (χ4n) is 2.53. The molecule has 4 nitrogen and oxygen atoms in total. The average Bonchev–Trinajstić information content (AvgIpc) is 2.43. The van der Waals surface area contributed by atoms with Crippen molar-refractivity contribution in [2.24, 2.45) is 5.73 Å². The van der Waals surface area contributed by atoms with Crippen LogP contribution in [0.1, 0.15) is 11.6 Å². The van der Waals surface area contributed by atoms with Gasteiger partial charge in [0.1, 0.15) is 5.37 Å². The minimum atomic E-state index is -3.16. The van der Waals surface area contributed by atoms with E-state index in [0.717, 1.165) is 15.8 Å².